The lowest BCUT2D eigenvalue weighted by Gasteiger charge is -2.18. The maximum absolute atomic E-state index is 12.5. The maximum Gasteiger partial charge on any atom is 0.233 e. The van der Waals surface area contributed by atoms with Gasteiger partial charge in [-0.25, -0.2) is 0 Å². The molecular weight excluding hydrogens is 452 g/mol. The molecule has 1 aliphatic rings. The summed E-state index contributed by atoms with van der Waals surface area (Å²) in [5.74, 6) is -0.0310. The van der Waals surface area contributed by atoms with Crippen molar-refractivity contribution >= 4 is 45.9 Å². The third-order valence-corrected chi connectivity index (χ3v) is 6.78. The molecule has 166 valence electrons. The minimum absolute atomic E-state index is 0.0310. The van der Waals surface area contributed by atoms with Gasteiger partial charge in [-0.3, -0.25) is 19.2 Å². The average molecular weight is 475 g/mol. The number of fused-ring (bicyclic) bond motifs is 2. The van der Waals surface area contributed by atoms with E-state index in [-0.39, 0.29) is 5.91 Å². The molecule has 4 aromatic rings. The number of pyridine rings is 1. The van der Waals surface area contributed by atoms with E-state index in [1.54, 1.807) is 6.20 Å². The number of nitrogens with zero attached hydrogens (tertiary/aromatic N) is 3. The summed E-state index contributed by atoms with van der Waals surface area (Å²) < 4.78 is 4.98. The number of hydrogen-bond donors (Lipinski definition) is 1. The van der Waals surface area contributed by atoms with Crippen LogP contribution in [0.25, 0.3) is 16.5 Å². The molecule has 0 spiro atoms. The van der Waals surface area contributed by atoms with Crippen LogP contribution in [0.4, 0.5) is 0 Å². The largest absolute Gasteiger partial charge is 0.296 e. The van der Waals surface area contributed by atoms with Gasteiger partial charge < -0.3 is 0 Å². The van der Waals surface area contributed by atoms with E-state index < -0.39 is 0 Å². The minimum atomic E-state index is -0.0310. The van der Waals surface area contributed by atoms with Crippen LogP contribution in [0.3, 0.4) is 0 Å². The van der Waals surface area contributed by atoms with Gasteiger partial charge >= 0.3 is 0 Å². The van der Waals surface area contributed by atoms with Gasteiger partial charge in [-0.1, -0.05) is 48.0 Å². The fourth-order valence-corrected chi connectivity index (χ4v) is 4.86. The lowest BCUT2D eigenvalue weighted by molar-refractivity contribution is -0.118. The Morgan fingerprint density at radius 1 is 1.12 bits per heavy atom. The quantitative estimate of drug-likeness (QED) is 0.345. The van der Waals surface area contributed by atoms with E-state index in [0.29, 0.717) is 13.0 Å². The van der Waals surface area contributed by atoms with E-state index in [2.05, 4.69) is 14.8 Å². The van der Waals surface area contributed by atoms with Gasteiger partial charge in [0.25, 0.3) is 0 Å². The first-order chi connectivity index (χ1) is 16.2. The number of allylic oxidation sites excluding steroid dienone is 1. The molecule has 0 radical (unpaired) electrons. The summed E-state index contributed by atoms with van der Waals surface area (Å²) in [5.41, 5.74) is 5.68. The van der Waals surface area contributed by atoms with Crippen LogP contribution < -0.4 is 4.72 Å². The summed E-state index contributed by atoms with van der Waals surface area (Å²) in [6.07, 6.45) is 9.17. The van der Waals surface area contributed by atoms with Crippen molar-refractivity contribution in [3.63, 3.8) is 0 Å². The molecule has 0 bridgehead atoms. The van der Waals surface area contributed by atoms with E-state index >= 15 is 0 Å². The predicted octanol–water partition coefficient (Wildman–Crippen LogP) is 6.07. The van der Waals surface area contributed by atoms with Crippen LogP contribution >= 0.6 is 23.5 Å². The van der Waals surface area contributed by atoms with Crippen LogP contribution in [-0.2, 0) is 17.8 Å². The molecule has 0 saturated heterocycles. The lowest BCUT2D eigenvalue weighted by Crippen LogP contribution is -2.15. The average Bonchev–Trinajstić information content (AvgIpc) is 3.26. The van der Waals surface area contributed by atoms with Gasteiger partial charge in [0, 0.05) is 27.9 Å². The summed E-state index contributed by atoms with van der Waals surface area (Å²) >= 11 is 7.32. The molecule has 2 aromatic carbocycles. The highest BCUT2D eigenvalue weighted by atomic mass is 35.5. The third-order valence-electron chi connectivity index (χ3n) is 5.74. The van der Waals surface area contributed by atoms with Gasteiger partial charge in [0.05, 0.1) is 24.0 Å². The fraction of sp³-hybridized carbons (Fsp3) is 0.192. The van der Waals surface area contributed by atoms with Crippen molar-refractivity contribution in [2.75, 3.05) is 0 Å². The van der Waals surface area contributed by atoms with Crippen LogP contribution in [0.5, 0.6) is 0 Å². The van der Waals surface area contributed by atoms with Crippen LogP contribution in [0.2, 0.25) is 5.02 Å². The Labute approximate surface area is 202 Å². The van der Waals surface area contributed by atoms with Crippen molar-refractivity contribution in [2.24, 2.45) is 0 Å². The number of rotatable bonds is 6. The standard InChI is InChI=1S/C26H23ClN4OS/c27-22-11-8-18(9-12-22)17-31-26-19(5-3-6-21(26)15-29-31)10-13-25(32)30-33-23-14-20-4-1-2-7-24(20)28-16-23/h1-2,4,7-12,14-16H,3,5-6,13,17H2,(H,30,32)/b19-10+. The summed E-state index contributed by atoms with van der Waals surface area (Å²) in [7, 11) is 0. The number of amides is 1. The number of carbonyl (C=O) groups excluding carboxylic acids is 1. The van der Waals surface area contributed by atoms with Crippen molar-refractivity contribution in [1.82, 2.24) is 19.5 Å². The van der Waals surface area contributed by atoms with Gasteiger partial charge in [0.15, 0.2) is 0 Å². The molecule has 0 saturated carbocycles. The topological polar surface area (TPSA) is 59.8 Å². The summed E-state index contributed by atoms with van der Waals surface area (Å²) in [4.78, 5) is 17.9. The summed E-state index contributed by atoms with van der Waals surface area (Å²) in [6.45, 7) is 0.681. The van der Waals surface area contributed by atoms with Crippen molar-refractivity contribution < 1.29 is 4.79 Å². The third kappa shape index (κ3) is 5.13. The van der Waals surface area contributed by atoms with Crippen LogP contribution in [0, 0.1) is 0 Å². The van der Waals surface area contributed by atoms with Gasteiger partial charge in [-0.15, -0.1) is 0 Å². The van der Waals surface area contributed by atoms with Crippen LogP contribution in [0.15, 0.2) is 78.0 Å². The molecule has 0 aliphatic heterocycles. The molecule has 5 nitrogen and oxygen atoms in total. The van der Waals surface area contributed by atoms with Crippen molar-refractivity contribution in [1.29, 1.82) is 0 Å². The fourth-order valence-electron chi connectivity index (χ4n) is 4.13. The summed E-state index contributed by atoms with van der Waals surface area (Å²) in [5, 5.41) is 6.41. The number of carbonyl (C=O) groups is 1. The molecule has 7 heteroatoms. The predicted molar refractivity (Wildman–Crippen MR) is 134 cm³/mol. The Morgan fingerprint density at radius 3 is 2.85 bits per heavy atom. The first-order valence-electron chi connectivity index (χ1n) is 10.9. The monoisotopic (exact) mass is 474 g/mol. The number of nitrogens with one attached hydrogen (secondary N) is 1. The molecule has 1 N–H and O–H groups in total. The highest BCUT2D eigenvalue weighted by Crippen LogP contribution is 2.31. The van der Waals surface area contributed by atoms with Gasteiger partial charge in [-0.05, 0) is 72.2 Å². The van der Waals surface area contributed by atoms with Crippen LogP contribution in [-0.4, -0.2) is 20.7 Å². The Morgan fingerprint density at radius 2 is 1.97 bits per heavy atom. The molecule has 2 heterocycles. The van der Waals surface area contributed by atoms with Gasteiger partial charge in [0.1, 0.15) is 0 Å². The van der Waals surface area contributed by atoms with E-state index in [9.17, 15) is 4.79 Å². The first kappa shape index (κ1) is 21.7. The molecule has 1 aliphatic carbocycles. The number of para-hydroxylation sites is 1. The Bertz CT molecular complexity index is 1330. The number of benzene rings is 2. The normalized spacial score (nSPS) is 14.4. The second kappa shape index (κ2) is 9.81. The zero-order valence-electron chi connectivity index (χ0n) is 18.0. The molecule has 33 heavy (non-hydrogen) atoms. The molecule has 5 rings (SSSR count). The zero-order valence-corrected chi connectivity index (χ0v) is 19.6. The van der Waals surface area contributed by atoms with E-state index in [1.165, 1.54) is 23.1 Å². The smallest absolute Gasteiger partial charge is 0.233 e. The lowest BCUT2D eigenvalue weighted by atomic mass is 9.92. The molecule has 0 fully saturated rings. The number of hydrogen-bond acceptors (Lipinski definition) is 4. The maximum atomic E-state index is 12.5. The Hall–Kier alpha value is -3.09. The molecule has 2 aromatic heterocycles. The Kier molecular flexibility index (Phi) is 6.46. The summed E-state index contributed by atoms with van der Waals surface area (Å²) in [6, 6.07) is 17.8. The van der Waals surface area contributed by atoms with E-state index in [4.69, 9.17) is 11.6 Å². The second-order valence-corrected chi connectivity index (χ2v) is 9.40. The molecular formula is C26H23ClN4OS. The van der Waals surface area contributed by atoms with Gasteiger partial charge in [-0.2, -0.15) is 5.10 Å². The SMILES string of the molecule is O=C(C/C=C1\CCCc2cnn(Cc3ccc(Cl)cc3)c21)NSc1cnc2ccccc2c1. The Balaban J connectivity index is 1.25. The highest BCUT2D eigenvalue weighted by molar-refractivity contribution is 7.98. The van der Waals surface area contributed by atoms with Gasteiger partial charge in [0.2, 0.25) is 5.91 Å². The van der Waals surface area contributed by atoms with Crippen LogP contribution in [0.1, 0.15) is 36.1 Å². The minimum Gasteiger partial charge on any atom is -0.296 e. The number of aryl methyl sites for hydroxylation is 1. The highest BCUT2D eigenvalue weighted by Gasteiger charge is 2.20. The first-order valence-corrected chi connectivity index (χ1v) is 12.1. The van der Waals surface area contributed by atoms with Crippen molar-refractivity contribution in [3.8, 4) is 0 Å². The number of halogens is 1. The van der Waals surface area contributed by atoms with Crippen molar-refractivity contribution in [3.05, 3.63) is 94.9 Å². The second-order valence-electron chi connectivity index (χ2n) is 8.08. The number of aromatic nitrogens is 3. The van der Waals surface area contributed by atoms with E-state index in [1.807, 2.05) is 71.6 Å². The van der Waals surface area contributed by atoms with E-state index in [0.717, 1.165) is 51.3 Å². The molecule has 0 atom stereocenters. The molecule has 0 unspecified atom stereocenters. The van der Waals surface area contributed by atoms with Crippen molar-refractivity contribution in [2.45, 2.75) is 37.1 Å². The molecule has 1 amide bonds. The zero-order chi connectivity index (χ0) is 22.6.